The molecule has 0 aliphatic heterocycles. The molecule has 1 heterocycles. The molecule has 29 heavy (non-hydrogen) atoms. The number of carbonyl (C=O) groups excluding carboxylic acids is 2. The van der Waals surface area contributed by atoms with Gasteiger partial charge < -0.3 is 10.1 Å². The van der Waals surface area contributed by atoms with Gasteiger partial charge in [-0.3, -0.25) is 9.59 Å². The van der Waals surface area contributed by atoms with Gasteiger partial charge in [0.05, 0.1) is 11.5 Å². The smallest absolute Gasteiger partial charge is 0.309 e. The summed E-state index contributed by atoms with van der Waals surface area (Å²) < 4.78 is 5.30. The molecule has 5 nitrogen and oxygen atoms in total. The number of amides is 1. The van der Waals surface area contributed by atoms with E-state index in [-0.39, 0.29) is 29.8 Å². The number of hydrogen-bond donors (Lipinski definition) is 1. The van der Waals surface area contributed by atoms with Crippen LogP contribution in [0.15, 0.2) is 0 Å². The fraction of sp³-hybridized carbons (Fsp3) is 0.696. The molecule has 158 valence electrons. The average Bonchev–Trinajstić information content (AvgIpc) is 2.84. The standard InChI is InChI=1S/C23H32N2O3S/c1-23(2,3)16-11-9-15(10-12-16)22(27)28-14-20(26)25-21-18(13-24)17-7-5-4-6-8-19(17)29-21/h15-16H,4-12,14H2,1-3H3,(H,25,26). The number of aryl methyl sites for hydroxylation is 1. The van der Waals surface area contributed by atoms with Crippen LogP contribution >= 0.6 is 11.3 Å². The molecule has 1 aromatic heterocycles. The van der Waals surface area contributed by atoms with Gasteiger partial charge in [-0.1, -0.05) is 27.2 Å². The summed E-state index contributed by atoms with van der Waals surface area (Å²) in [6.07, 6.45) is 8.98. The van der Waals surface area contributed by atoms with Gasteiger partial charge in [-0.25, -0.2) is 0 Å². The van der Waals surface area contributed by atoms with E-state index in [9.17, 15) is 14.9 Å². The van der Waals surface area contributed by atoms with E-state index in [2.05, 4.69) is 32.2 Å². The zero-order chi connectivity index (χ0) is 21.0. The van der Waals surface area contributed by atoms with Gasteiger partial charge in [0.1, 0.15) is 11.1 Å². The quantitative estimate of drug-likeness (QED) is 0.539. The van der Waals surface area contributed by atoms with Crippen LogP contribution in [0.5, 0.6) is 0 Å². The van der Waals surface area contributed by atoms with E-state index in [4.69, 9.17) is 4.74 Å². The predicted molar refractivity (Wildman–Crippen MR) is 115 cm³/mol. The van der Waals surface area contributed by atoms with Crippen molar-refractivity contribution in [2.45, 2.75) is 78.6 Å². The zero-order valence-corrected chi connectivity index (χ0v) is 18.6. The van der Waals surface area contributed by atoms with Gasteiger partial charge >= 0.3 is 5.97 Å². The molecule has 1 N–H and O–H groups in total. The van der Waals surface area contributed by atoms with E-state index in [1.165, 1.54) is 22.6 Å². The van der Waals surface area contributed by atoms with Crippen LogP contribution in [0.25, 0.3) is 0 Å². The van der Waals surface area contributed by atoms with Crippen molar-refractivity contribution in [2.24, 2.45) is 17.3 Å². The number of carbonyl (C=O) groups is 2. The van der Waals surface area contributed by atoms with E-state index < -0.39 is 0 Å². The Morgan fingerprint density at radius 2 is 1.83 bits per heavy atom. The molecule has 1 amide bonds. The summed E-state index contributed by atoms with van der Waals surface area (Å²) >= 11 is 1.50. The van der Waals surface area contributed by atoms with E-state index in [0.29, 0.717) is 16.5 Å². The number of nitriles is 1. The van der Waals surface area contributed by atoms with Crippen LogP contribution in [0.4, 0.5) is 5.00 Å². The third-order valence-electron chi connectivity index (χ3n) is 6.42. The summed E-state index contributed by atoms with van der Waals surface area (Å²) in [6.45, 7) is 6.46. The number of ether oxygens (including phenoxy) is 1. The highest BCUT2D eigenvalue weighted by atomic mass is 32.1. The zero-order valence-electron chi connectivity index (χ0n) is 17.8. The summed E-state index contributed by atoms with van der Waals surface area (Å²) in [6, 6.07) is 2.26. The third kappa shape index (κ3) is 5.39. The van der Waals surface area contributed by atoms with Crippen LogP contribution in [-0.2, 0) is 27.2 Å². The summed E-state index contributed by atoms with van der Waals surface area (Å²) in [5.74, 6) is -0.105. The minimum atomic E-state index is -0.366. The Balaban J connectivity index is 1.51. The monoisotopic (exact) mass is 416 g/mol. The molecule has 6 heteroatoms. The van der Waals surface area contributed by atoms with Crippen molar-refractivity contribution in [3.8, 4) is 6.07 Å². The maximum absolute atomic E-state index is 12.4. The van der Waals surface area contributed by atoms with E-state index in [1.54, 1.807) is 0 Å². The highest BCUT2D eigenvalue weighted by Gasteiger charge is 2.33. The topological polar surface area (TPSA) is 79.2 Å². The van der Waals surface area contributed by atoms with Crippen LogP contribution in [0.3, 0.4) is 0 Å². The first-order valence-corrected chi connectivity index (χ1v) is 11.6. The highest BCUT2D eigenvalue weighted by Crippen LogP contribution is 2.40. The second-order valence-corrected chi connectivity index (χ2v) is 10.6. The number of rotatable bonds is 4. The molecule has 2 aliphatic carbocycles. The number of thiophene rings is 1. The van der Waals surface area contributed by atoms with Gasteiger partial charge in [0.25, 0.3) is 5.91 Å². The van der Waals surface area contributed by atoms with Crippen molar-refractivity contribution in [2.75, 3.05) is 11.9 Å². The van der Waals surface area contributed by atoms with Crippen LogP contribution in [0.1, 0.15) is 81.7 Å². The van der Waals surface area contributed by atoms with Gasteiger partial charge in [0, 0.05) is 4.88 Å². The predicted octanol–water partition coefficient (Wildman–Crippen LogP) is 5.22. The Morgan fingerprint density at radius 3 is 2.48 bits per heavy atom. The summed E-state index contributed by atoms with van der Waals surface area (Å²) in [7, 11) is 0. The molecular weight excluding hydrogens is 384 g/mol. The first kappa shape index (κ1) is 21.8. The van der Waals surface area contributed by atoms with Crippen LogP contribution < -0.4 is 5.32 Å². The number of esters is 1. The molecule has 1 fully saturated rings. The Bertz CT molecular complexity index is 792. The normalized spacial score (nSPS) is 22.1. The lowest BCUT2D eigenvalue weighted by Crippen LogP contribution is -2.31. The molecule has 1 aromatic rings. The van der Waals surface area contributed by atoms with Gasteiger partial charge in [-0.05, 0) is 68.3 Å². The summed E-state index contributed by atoms with van der Waals surface area (Å²) in [4.78, 5) is 25.9. The Hall–Kier alpha value is -1.87. The number of fused-ring (bicyclic) bond motifs is 1. The average molecular weight is 417 g/mol. The number of anilines is 1. The molecule has 0 bridgehead atoms. The molecule has 0 aromatic carbocycles. The maximum Gasteiger partial charge on any atom is 0.309 e. The van der Waals surface area contributed by atoms with E-state index in [1.807, 2.05) is 0 Å². The lowest BCUT2D eigenvalue weighted by atomic mass is 9.70. The SMILES string of the molecule is CC(C)(C)C1CCC(C(=O)OCC(=O)Nc2sc3c(c2C#N)CCCCC3)CC1. The molecule has 0 spiro atoms. The van der Waals surface area contributed by atoms with Crippen molar-refractivity contribution in [3.05, 3.63) is 16.0 Å². The second kappa shape index (κ2) is 9.30. The van der Waals surface area contributed by atoms with Gasteiger partial charge in [-0.15, -0.1) is 11.3 Å². The van der Waals surface area contributed by atoms with E-state index >= 15 is 0 Å². The van der Waals surface area contributed by atoms with Crippen LogP contribution in [0.2, 0.25) is 0 Å². The first-order valence-electron chi connectivity index (χ1n) is 10.8. The summed E-state index contributed by atoms with van der Waals surface area (Å²) in [5.41, 5.74) is 1.96. The molecule has 0 radical (unpaired) electrons. The Kier molecular flexibility index (Phi) is 7.00. The van der Waals surface area contributed by atoms with Crippen LogP contribution in [0, 0.1) is 28.6 Å². The number of hydrogen-bond acceptors (Lipinski definition) is 5. The number of nitrogens with one attached hydrogen (secondary N) is 1. The minimum absolute atomic E-state index is 0.103. The fourth-order valence-electron chi connectivity index (χ4n) is 4.56. The Morgan fingerprint density at radius 1 is 1.14 bits per heavy atom. The molecular formula is C23H32N2O3S. The fourth-order valence-corrected chi connectivity index (χ4v) is 5.82. The third-order valence-corrected chi connectivity index (χ3v) is 7.62. The van der Waals surface area contributed by atoms with Crippen molar-refractivity contribution in [1.82, 2.24) is 0 Å². The van der Waals surface area contributed by atoms with E-state index in [0.717, 1.165) is 56.9 Å². The lowest BCUT2D eigenvalue weighted by molar-refractivity contribution is -0.153. The maximum atomic E-state index is 12.4. The highest BCUT2D eigenvalue weighted by molar-refractivity contribution is 7.16. The molecule has 3 rings (SSSR count). The molecule has 0 saturated heterocycles. The molecule has 1 saturated carbocycles. The van der Waals surface area contributed by atoms with Gasteiger partial charge in [0.15, 0.2) is 6.61 Å². The summed E-state index contributed by atoms with van der Waals surface area (Å²) in [5, 5.41) is 13.0. The van der Waals surface area contributed by atoms with Gasteiger partial charge in [0.2, 0.25) is 0 Å². The number of nitrogens with zero attached hydrogens (tertiary/aromatic N) is 1. The second-order valence-electron chi connectivity index (χ2n) is 9.45. The van der Waals surface area contributed by atoms with Crippen molar-refractivity contribution in [3.63, 3.8) is 0 Å². The lowest BCUT2D eigenvalue weighted by Gasteiger charge is -2.36. The minimum Gasteiger partial charge on any atom is -0.455 e. The van der Waals surface area contributed by atoms with Crippen molar-refractivity contribution < 1.29 is 14.3 Å². The molecule has 0 unspecified atom stereocenters. The molecule has 0 atom stereocenters. The Labute approximate surface area is 177 Å². The van der Waals surface area contributed by atoms with Crippen molar-refractivity contribution >= 4 is 28.2 Å². The first-order chi connectivity index (χ1) is 13.8. The van der Waals surface area contributed by atoms with Gasteiger partial charge in [-0.2, -0.15) is 5.26 Å². The van der Waals surface area contributed by atoms with Crippen molar-refractivity contribution in [1.29, 1.82) is 5.26 Å². The van der Waals surface area contributed by atoms with Crippen LogP contribution in [-0.4, -0.2) is 18.5 Å². The largest absolute Gasteiger partial charge is 0.455 e. The molecule has 2 aliphatic rings.